The fourth-order valence-corrected chi connectivity index (χ4v) is 2.29. The number of aliphatic hydroxyl groups is 1. The van der Waals surface area contributed by atoms with Crippen molar-refractivity contribution in [2.75, 3.05) is 20.7 Å². The van der Waals surface area contributed by atoms with E-state index in [1.807, 2.05) is 14.1 Å². The molecule has 0 spiro atoms. The van der Waals surface area contributed by atoms with E-state index >= 15 is 0 Å². The lowest BCUT2D eigenvalue weighted by Crippen LogP contribution is -2.39. The second kappa shape index (κ2) is 6.88. The maximum atomic E-state index is 9.24. The van der Waals surface area contributed by atoms with Crippen LogP contribution in [0.3, 0.4) is 0 Å². The van der Waals surface area contributed by atoms with Gasteiger partial charge >= 0.3 is 0 Å². The zero-order valence-electron chi connectivity index (χ0n) is 11.9. The molecule has 0 aliphatic carbocycles. The predicted molar refractivity (Wildman–Crippen MR) is 76.6 cm³/mol. The minimum Gasteiger partial charge on any atom is -0.395 e. The van der Waals surface area contributed by atoms with Gasteiger partial charge in [0.15, 0.2) is 0 Å². The van der Waals surface area contributed by atoms with Crippen LogP contribution in [-0.2, 0) is 0 Å². The first-order valence-electron chi connectivity index (χ1n) is 6.64. The SMILES string of the molecule is CCC(C)c1ccc(C(C(N)CO)N(C)C)cc1. The summed E-state index contributed by atoms with van der Waals surface area (Å²) in [5, 5.41) is 9.24. The molecule has 1 rings (SSSR count). The molecule has 0 bridgehead atoms. The molecule has 3 unspecified atom stereocenters. The molecule has 102 valence electrons. The molecule has 3 heteroatoms. The van der Waals surface area contributed by atoms with Gasteiger partial charge < -0.3 is 15.7 Å². The van der Waals surface area contributed by atoms with Crippen molar-refractivity contribution in [3.8, 4) is 0 Å². The van der Waals surface area contributed by atoms with Crippen LogP contribution < -0.4 is 5.73 Å². The van der Waals surface area contributed by atoms with E-state index in [1.54, 1.807) is 0 Å². The second-order valence-corrected chi connectivity index (χ2v) is 5.23. The third kappa shape index (κ3) is 3.55. The number of hydrogen-bond donors (Lipinski definition) is 2. The van der Waals surface area contributed by atoms with E-state index in [0.29, 0.717) is 5.92 Å². The highest BCUT2D eigenvalue weighted by Gasteiger charge is 2.21. The molecule has 18 heavy (non-hydrogen) atoms. The van der Waals surface area contributed by atoms with E-state index in [2.05, 4.69) is 43.0 Å². The summed E-state index contributed by atoms with van der Waals surface area (Å²) in [6, 6.07) is 8.40. The van der Waals surface area contributed by atoms with Crippen LogP contribution in [-0.4, -0.2) is 36.8 Å². The molecule has 0 amide bonds. The summed E-state index contributed by atoms with van der Waals surface area (Å²) in [6.45, 7) is 4.43. The topological polar surface area (TPSA) is 49.5 Å². The summed E-state index contributed by atoms with van der Waals surface area (Å²) in [6.07, 6.45) is 1.15. The van der Waals surface area contributed by atoms with Crippen molar-refractivity contribution in [1.82, 2.24) is 4.90 Å². The third-order valence-electron chi connectivity index (χ3n) is 3.63. The Balaban J connectivity index is 2.94. The summed E-state index contributed by atoms with van der Waals surface area (Å²) in [5.41, 5.74) is 8.50. The smallest absolute Gasteiger partial charge is 0.0601 e. The first kappa shape index (κ1) is 15.2. The largest absolute Gasteiger partial charge is 0.395 e. The van der Waals surface area contributed by atoms with Crippen LogP contribution in [0, 0.1) is 0 Å². The highest BCUT2D eigenvalue weighted by molar-refractivity contribution is 5.28. The van der Waals surface area contributed by atoms with Crippen molar-refractivity contribution in [3.63, 3.8) is 0 Å². The Morgan fingerprint density at radius 3 is 2.06 bits per heavy atom. The lowest BCUT2D eigenvalue weighted by molar-refractivity contribution is 0.181. The minimum absolute atomic E-state index is 0.00401. The summed E-state index contributed by atoms with van der Waals surface area (Å²) in [7, 11) is 3.98. The number of likely N-dealkylation sites (N-methyl/N-ethyl adjacent to an activating group) is 1. The molecule has 0 saturated heterocycles. The van der Waals surface area contributed by atoms with Crippen LogP contribution in [0.15, 0.2) is 24.3 Å². The van der Waals surface area contributed by atoms with Gasteiger partial charge in [-0.25, -0.2) is 0 Å². The molecule has 3 nitrogen and oxygen atoms in total. The number of nitrogens with zero attached hydrogens (tertiary/aromatic N) is 1. The zero-order chi connectivity index (χ0) is 13.7. The molecular weight excluding hydrogens is 224 g/mol. The second-order valence-electron chi connectivity index (χ2n) is 5.23. The summed E-state index contributed by atoms with van der Waals surface area (Å²) in [5.74, 6) is 0.586. The Kier molecular flexibility index (Phi) is 5.79. The van der Waals surface area contributed by atoms with Gasteiger partial charge in [-0.2, -0.15) is 0 Å². The van der Waals surface area contributed by atoms with Crippen molar-refractivity contribution in [2.45, 2.75) is 38.3 Å². The highest BCUT2D eigenvalue weighted by atomic mass is 16.3. The van der Waals surface area contributed by atoms with E-state index in [1.165, 1.54) is 5.56 Å². The zero-order valence-corrected chi connectivity index (χ0v) is 11.9. The van der Waals surface area contributed by atoms with Crippen molar-refractivity contribution >= 4 is 0 Å². The molecule has 3 atom stereocenters. The van der Waals surface area contributed by atoms with Gasteiger partial charge in [0.2, 0.25) is 0 Å². The van der Waals surface area contributed by atoms with Crippen molar-refractivity contribution < 1.29 is 5.11 Å². The van der Waals surface area contributed by atoms with Crippen molar-refractivity contribution in [1.29, 1.82) is 0 Å². The summed E-state index contributed by atoms with van der Waals surface area (Å²) < 4.78 is 0. The maximum Gasteiger partial charge on any atom is 0.0601 e. The first-order valence-corrected chi connectivity index (χ1v) is 6.64. The quantitative estimate of drug-likeness (QED) is 0.813. The van der Waals surface area contributed by atoms with E-state index < -0.39 is 0 Å². The Bertz CT molecular complexity index is 348. The molecule has 0 aromatic heterocycles. The standard InChI is InChI=1S/C15H26N2O/c1-5-11(2)12-6-8-13(9-7-12)15(17(3)4)14(16)10-18/h6-9,11,14-15,18H,5,10,16H2,1-4H3. The maximum absolute atomic E-state index is 9.24. The number of rotatable bonds is 6. The number of benzene rings is 1. The van der Waals surface area contributed by atoms with Crippen LogP contribution in [0.25, 0.3) is 0 Å². The van der Waals surface area contributed by atoms with E-state index in [0.717, 1.165) is 12.0 Å². The van der Waals surface area contributed by atoms with Gasteiger partial charge in [0.1, 0.15) is 0 Å². The van der Waals surface area contributed by atoms with Crippen molar-refractivity contribution in [2.24, 2.45) is 5.73 Å². The van der Waals surface area contributed by atoms with E-state index in [-0.39, 0.29) is 18.7 Å². The minimum atomic E-state index is -0.255. The van der Waals surface area contributed by atoms with Crippen LogP contribution >= 0.6 is 0 Å². The number of aliphatic hydroxyl groups excluding tert-OH is 1. The number of nitrogens with two attached hydrogens (primary N) is 1. The van der Waals surface area contributed by atoms with Gasteiger partial charge in [0.25, 0.3) is 0 Å². The fraction of sp³-hybridized carbons (Fsp3) is 0.600. The fourth-order valence-electron chi connectivity index (χ4n) is 2.29. The van der Waals surface area contributed by atoms with Crippen LogP contribution in [0.4, 0.5) is 0 Å². The molecule has 0 fully saturated rings. The van der Waals surface area contributed by atoms with Gasteiger partial charge in [0.05, 0.1) is 12.6 Å². The van der Waals surface area contributed by atoms with Crippen LogP contribution in [0.1, 0.15) is 43.4 Å². The molecular formula is C15H26N2O. The molecule has 0 saturated carbocycles. The van der Waals surface area contributed by atoms with Gasteiger partial charge in [0, 0.05) is 6.04 Å². The van der Waals surface area contributed by atoms with Gasteiger partial charge in [-0.1, -0.05) is 38.1 Å². The molecule has 1 aromatic carbocycles. The van der Waals surface area contributed by atoms with Crippen LogP contribution in [0.5, 0.6) is 0 Å². The number of hydrogen-bond acceptors (Lipinski definition) is 3. The highest BCUT2D eigenvalue weighted by Crippen LogP contribution is 2.24. The van der Waals surface area contributed by atoms with E-state index in [9.17, 15) is 5.11 Å². The molecule has 0 heterocycles. The molecule has 0 aliphatic heterocycles. The Labute approximate surface area is 111 Å². The average Bonchev–Trinajstić information content (AvgIpc) is 2.38. The molecule has 0 radical (unpaired) electrons. The first-order chi connectivity index (χ1) is 8.51. The third-order valence-corrected chi connectivity index (χ3v) is 3.63. The predicted octanol–water partition coefficient (Wildman–Crippen LogP) is 2.12. The Morgan fingerprint density at radius 1 is 1.17 bits per heavy atom. The van der Waals surface area contributed by atoms with Gasteiger partial charge in [-0.3, -0.25) is 0 Å². The van der Waals surface area contributed by atoms with Gasteiger partial charge in [-0.15, -0.1) is 0 Å². The molecule has 0 aliphatic rings. The molecule has 1 aromatic rings. The van der Waals surface area contributed by atoms with E-state index in [4.69, 9.17) is 5.73 Å². The lowest BCUT2D eigenvalue weighted by atomic mass is 9.93. The normalized spacial score (nSPS) is 16.6. The van der Waals surface area contributed by atoms with Crippen LogP contribution in [0.2, 0.25) is 0 Å². The monoisotopic (exact) mass is 250 g/mol. The van der Waals surface area contributed by atoms with Gasteiger partial charge in [-0.05, 0) is 37.6 Å². The molecule has 3 N–H and O–H groups in total. The lowest BCUT2D eigenvalue weighted by Gasteiger charge is -2.29. The summed E-state index contributed by atoms with van der Waals surface area (Å²) >= 11 is 0. The summed E-state index contributed by atoms with van der Waals surface area (Å²) in [4.78, 5) is 2.05. The Hall–Kier alpha value is -0.900. The van der Waals surface area contributed by atoms with Crippen molar-refractivity contribution in [3.05, 3.63) is 35.4 Å². The average molecular weight is 250 g/mol. The Morgan fingerprint density at radius 2 is 1.67 bits per heavy atom.